The number of nitrogens with zero attached hydrogens (tertiary/aromatic N) is 2. The number of benzene rings is 1. The molecule has 0 fully saturated rings. The summed E-state index contributed by atoms with van der Waals surface area (Å²) in [4.78, 5) is 6.24. The summed E-state index contributed by atoms with van der Waals surface area (Å²) >= 11 is 6.17. The molecule has 0 amide bonds. The van der Waals surface area contributed by atoms with Crippen molar-refractivity contribution < 1.29 is 4.39 Å². The summed E-state index contributed by atoms with van der Waals surface area (Å²) < 4.78 is 13.9. The Hall–Kier alpha value is -1.65. The number of para-hydroxylation sites is 1. The van der Waals surface area contributed by atoms with Crippen LogP contribution < -0.4 is 10.2 Å². The number of halogens is 2. The van der Waals surface area contributed by atoms with Crippen molar-refractivity contribution in [2.75, 3.05) is 11.9 Å². The summed E-state index contributed by atoms with van der Waals surface area (Å²) in [6.45, 7) is 4.70. The summed E-state index contributed by atoms with van der Waals surface area (Å²) in [6.07, 6.45) is 0. The highest BCUT2D eigenvalue weighted by atomic mass is 35.5. The minimum absolute atomic E-state index is 0.279. The van der Waals surface area contributed by atoms with Gasteiger partial charge in [0.05, 0.1) is 16.4 Å². The summed E-state index contributed by atoms with van der Waals surface area (Å²) in [5, 5.41) is 3.89. The lowest BCUT2D eigenvalue weighted by Crippen LogP contribution is -2.23. The quantitative estimate of drug-likeness (QED) is 0.900. The van der Waals surface area contributed by atoms with Gasteiger partial charge in [-0.1, -0.05) is 37.6 Å². The van der Waals surface area contributed by atoms with Crippen molar-refractivity contribution in [2.24, 2.45) is 0 Å². The molecule has 1 N–H and O–H groups in total. The van der Waals surface area contributed by atoms with E-state index in [1.807, 2.05) is 0 Å². The Morgan fingerprint density at radius 2 is 1.95 bits per heavy atom. The SMILES string of the molecule is CC(C)NCc1nc(N(C)c2ccccc2F)ccc1Cl. The highest BCUT2D eigenvalue weighted by molar-refractivity contribution is 6.31. The molecule has 0 saturated heterocycles. The lowest BCUT2D eigenvalue weighted by molar-refractivity contribution is 0.581. The maximum Gasteiger partial charge on any atom is 0.146 e. The largest absolute Gasteiger partial charge is 0.327 e. The summed E-state index contributed by atoms with van der Waals surface area (Å²) in [7, 11) is 1.79. The van der Waals surface area contributed by atoms with Gasteiger partial charge in [-0.2, -0.15) is 0 Å². The molecule has 5 heteroatoms. The molecule has 1 aromatic heterocycles. The Balaban J connectivity index is 2.28. The first-order valence-corrected chi connectivity index (χ1v) is 7.24. The van der Waals surface area contributed by atoms with E-state index < -0.39 is 0 Å². The van der Waals surface area contributed by atoms with Gasteiger partial charge < -0.3 is 10.2 Å². The second-order valence-electron chi connectivity index (χ2n) is 5.14. The summed E-state index contributed by atoms with van der Waals surface area (Å²) in [5.41, 5.74) is 1.24. The number of rotatable bonds is 5. The molecule has 1 aromatic carbocycles. The van der Waals surface area contributed by atoms with E-state index in [4.69, 9.17) is 11.6 Å². The number of hydrogen-bond acceptors (Lipinski definition) is 3. The Labute approximate surface area is 129 Å². The van der Waals surface area contributed by atoms with Gasteiger partial charge in [-0.25, -0.2) is 9.37 Å². The number of pyridine rings is 1. The van der Waals surface area contributed by atoms with E-state index in [0.717, 1.165) is 5.69 Å². The number of aromatic nitrogens is 1. The van der Waals surface area contributed by atoms with E-state index in [9.17, 15) is 4.39 Å². The van der Waals surface area contributed by atoms with E-state index in [0.29, 0.717) is 29.1 Å². The van der Waals surface area contributed by atoms with Crippen LogP contribution in [0.5, 0.6) is 0 Å². The van der Waals surface area contributed by atoms with Crippen LogP contribution in [0.4, 0.5) is 15.9 Å². The number of nitrogens with one attached hydrogen (secondary N) is 1. The fourth-order valence-electron chi connectivity index (χ4n) is 1.93. The van der Waals surface area contributed by atoms with Gasteiger partial charge in [0, 0.05) is 19.6 Å². The van der Waals surface area contributed by atoms with Crippen molar-refractivity contribution in [1.82, 2.24) is 10.3 Å². The Morgan fingerprint density at radius 3 is 2.62 bits per heavy atom. The van der Waals surface area contributed by atoms with Gasteiger partial charge in [0.25, 0.3) is 0 Å². The van der Waals surface area contributed by atoms with Crippen LogP contribution in [0.1, 0.15) is 19.5 Å². The van der Waals surface area contributed by atoms with Crippen molar-refractivity contribution >= 4 is 23.1 Å². The fourth-order valence-corrected chi connectivity index (χ4v) is 2.10. The molecule has 2 rings (SSSR count). The van der Waals surface area contributed by atoms with Gasteiger partial charge in [0.15, 0.2) is 0 Å². The Bertz CT molecular complexity index is 616. The molecular weight excluding hydrogens is 289 g/mol. The lowest BCUT2D eigenvalue weighted by Gasteiger charge is -2.20. The zero-order chi connectivity index (χ0) is 15.4. The molecular formula is C16H19ClFN3. The normalized spacial score (nSPS) is 11.0. The standard InChI is InChI=1S/C16H19ClFN3/c1-11(2)19-10-14-12(17)8-9-16(20-14)21(3)15-7-5-4-6-13(15)18/h4-9,11,19H,10H2,1-3H3. The van der Waals surface area contributed by atoms with E-state index in [-0.39, 0.29) is 5.82 Å². The molecule has 0 bridgehead atoms. The topological polar surface area (TPSA) is 28.2 Å². The predicted molar refractivity (Wildman–Crippen MR) is 85.7 cm³/mol. The maximum absolute atomic E-state index is 13.9. The molecule has 0 atom stereocenters. The smallest absolute Gasteiger partial charge is 0.146 e. The molecule has 0 aliphatic heterocycles. The Morgan fingerprint density at radius 1 is 1.24 bits per heavy atom. The highest BCUT2D eigenvalue weighted by Gasteiger charge is 2.12. The average Bonchev–Trinajstić information content (AvgIpc) is 2.46. The molecule has 0 spiro atoms. The van der Waals surface area contributed by atoms with Crippen LogP contribution in [0.3, 0.4) is 0 Å². The van der Waals surface area contributed by atoms with Crippen molar-refractivity contribution in [1.29, 1.82) is 0 Å². The maximum atomic E-state index is 13.9. The zero-order valence-corrected chi connectivity index (χ0v) is 13.2. The third kappa shape index (κ3) is 3.93. The average molecular weight is 308 g/mol. The minimum atomic E-state index is -0.279. The molecule has 21 heavy (non-hydrogen) atoms. The molecule has 0 aliphatic rings. The number of hydrogen-bond donors (Lipinski definition) is 1. The molecule has 0 saturated carbocycles. The third-order valence-corrected chi connectivity index (χ3v) is 3.48. The lowest BCUT2D eigenvalue weighted by atomic mass is 10.2. The molecule has 0 radical (unpaired) electrons. The second kappa shape index (κ2) is 6.87. The molecule has 0 aliphatic carbocycles. The number of anilines is 2. The van der Waals surface area contributed by atoms with Crippen LogP contribution in [-0.4, -0.2) is 18.1 Å². The molecule has 3 nitrogen and oxygen atoms in total. The molecule has 0 unspecified atom stereocenters. The van der Waals surface area contributed by atoms with Gasteiger partial charge in [-0.3, -0.25) is 0 Å². The van der Waals surface area contributed by atoms with Crippen molar-refractivity contribution in [3.8, 4) is 0 Å². The van der Waals surface area contributed by atoms with E-state index in [1.54, 1.807) is 42.3 Å². The van der Waals surface area contributed by atoms with E-state index in [2.05, 4.69) is 24.1 Å². The fraction of sp³-hybridized carbons (Fsp3) is 0.312. The van der Waals surface area contributed by atoms with Gasteiger partial charge in [-0.05, 0) is 24.3 Å². The zero-order valence-electron chi connectivity index (χ0n) is 12.4. The minimum Gasteiger partial charge on any atom is -0.327 e. The van der Waals surface area contributed by atoms with E-state index in [1.165, 1.54) is 6.07 Å². The van der Waals surface area contributed by atoms with Crippen molar-refractivity contribution in [3.63, 3.8) is 0 Å². The molecule has 2 aromatic rings. The second-order valence-corrected chi connectivity index (χ2v) is 5.55. The van der Waals surface area contributed by atoms with Crippen LogP contribution in [0.2, 0.25) is 5.02 Å². The van der Waals surface area contributed by atoms with Crippen LogP contribution >= 0.6 is 11.6 Å². The van der Waals surface area contributed by atoms with Crippen molar-refractivity contribution in [3.05, 3.63) is 52.9 Å². The first-order valence-electron chi connectivity index (χ1n) is 6.86. The van der Waals surface area contributed by atoms with Gasteiger partial charge >= 0.3 is 0 Å². The predicted octanol–water partition coefficient (Wildman–Crippen LogP) is 4.14. The van der Waals surface area contributed by atoms with E-state index >= 15 is 0 Å². The van der Waals surface area contributed by atoms with Crippen molar-refractivity contribution in [2.45, 2.75) is 26.4 Å². The first kappa shape index (κ1) is 15.7. The van der Waals surface area contributed by atoms with Crippen LogP contribution in [0, 0.1) is 5.82 Å². The highest BCUT2D eigenvalue weighted by Crippen LogP contribution is 2.26. The summed E-state index contributed by atoms with van der Waals surface area (Å²) in [6, 6.07) is 10.5. The van der Waals surface area contributed by atoms with Crippen LogP contribution in [-0.2, 0) is 6.54 Å². The van der Waals surface area contributed by atoms with Gasteiger partial charge in [0.2, 0.25) is 0 Å². The summed E-state index contributed by atoms with van der Waals surface area (Å²) in [5.74, 6) is 0.378. The van der Waals surface area contributed by atoms with Gasteiger partial charge in [0.1, 0.15) is 11.6 Å². The van der Waals surface area contributed by atoms with Crippen LogP contribution in [0.25, 0.3) is 0 Å². The van der Waals surface area contributed by atoms with Crippen LogP contribution in [0.15, 0.2) is 36.4 Å². The van der Waals surface area contributed by atoms with Gasteiger partial charge in [-0.15, -0.1) is 0 Å². The first-order chi connectivity index (χ1) is 9.99. The monoisotopic (exact) mass is 307 g/mol. The third-order valence-electron chi connectivity index (χ3n) is 3.14. The molecule has 112 valence electrons. The molecule has 1 heterocycles. The Kier molecular flexibility index (Phi) is 5.15.